The van der Waals surface area contributed by atoms with Crippen molar-refractivity contribution in [1.29, 1.82) is 0 Å². The fourth-order valence-electron chi connectivity index (χ4n) is 1.79. The second-order valence-corrected chi connectivity index (χ2v) is 5.99. The number of aryl methyl sites for hydroxylation is 1. The maximum Gasteiger partial charge on any atom is 0.146 e. The van der Waals surface area contributed by atoms with Crippen molar-refractivity contribution in [2.45, 2.75) is 33.4 Å². The molecular formula is C16H19BrN2O. The van der Waals surface area contributed by atoms with E-state index in [0.29, 0.717) is 6.04 Å². The van der Waals surface area contributed by atoms with E-state index in [1.807, 2.05) is 37.4 Å². The van der Waals surface area contributed by atoms with E-state index in [0.717, 1.165) is 33.6 Å². The largest absolute Gasteiger partial charge is 0.455 e. The van der Waals surface area contributed by atoms with E-state index in [9.17, 15) is 0 Å². The second kappa shape index (κ2) is 6.86. The van der Waals surface area contributed by atoms with Gasteiger partial charge >= 0.3 is 0 Å². The first-order valence-corrected chi connectivity index (χ1v) is 7.45. The highest BCUT2D eigenvalue weighted by atomic mass is 79.9. The lowest BCUT2D eigenvalue weighted by Gasteiger charge is -2.11. The van der Waals surface area contributed by atoms with Crippen LogP contribution in [-0.4, -0.2) is 11.0 Å². The molecule has 1 aromatic heterocycles. The molecule has 2 aromatic rings. The molecule has 0 spiro atoms. The zero-order valence-electron chi connectivity index (χ0n) is 12.0. The van der Waals surface area contributed by atoms with Gasteiger partial charge in [-0.05, 0) is 42.3 Å². The molecule has 1 N–H and O–H groups in total. The summed E-state index contributed by atoms with van der Waals surface area (Å²) in [5.74, 6) is 1.61. The zero-order valence-corrected chi connectivity index (χ0v) is 13.6. The number of hydrogen-bond acceptors (Lipinski definition) is 3. The van der Waals surface area contributed by atoms with Crippen LogP contribution in [-0.2, 0) is 6.54 Å². The number of benzene rings is 1. The predicted molar refractivity (Wildman–Crippen MR) is 85.2 cm³/mol. The van der Waals surface area contributed by atoms with E-state index in [1.54, 1.807) is 6.20 Å². The van der Waals surface area contributed by atoms with Gasteiger partial charge in [0.25, 0.3) is 0 Å². The maximum atomic E-state index is 5.90. The van der Waals surface area contributed by atoms with Crippen molar-refractivity contribution in [1.82, 2.24) is 10.3 Å². The molecule has 0 saturated carbocycles. The summed E-state index contributed by atoms with van der Waals surface area (Å²) in [4.78, 5) is 4.23. The van der Waals surface area contributed by atoms with Gasteiger partial charge in [0.2, 0.25) is 0 Å². The fourth-order valence-corrected chi connectivity index (χ4v) is 2.27. The molecule has 1 aromatic carbocycles. The van der Waals surface area contributed by atoms with Gasteiger partial charge in [-0.25, -0.2) is 0 Å². The molecule has 1 heterocycles. The number of pyridine rings is 1. The molecule has 0 aliphatic carbocycles. The van der Waals surface area contributed by atoms with Gasteiger partial charge in [-0.2, -0.15) is 0 Å². The molecule has 4 heteroatoms. The molecule has 2 rings (SSSR count). The highest BCUT2D eigenvalue weighted by Gasteiger charge is 2.04. The number of halogens is 1. The van der Waals surface area contributed by atoms with Crippen molar-refractivity contribution in [2.75, 3.05) is 0 Å². The number of ether oxygens (including phenoxy) is 1. The summed E-state index contributed by atoms with van der Waals surface area (Å²) in [6.45, 7) is 7.07. The van der Waals surface area contributed by atoms with Crippen molar-refractivity contribution in [2.24, 2.45) is 0 Å². The van der Waals surface area contributed by atoms with Gasteiger partial charge in [0.05, 0.1) is 6.20 Å². The van der Waals surface area contributed by atoms with Crippen LogP contribution in [0.2, 0.25) is 0 Å². The third-order valence-electron chi connectivity index (χ3n) is 2.85. The van der Waals surface area contributed by atoms with Crippen LogP contribution < -0.4 is 10.1 Å². The summed E-state index contributed by atoms with van der Waals surface area (Å²) < 4.78 is 6.95. The van der Waals surface area contributed by atoms with Crippen LogP contribution in [0.1, 0.15) is 25.0 Å². The molecule has 0 fully saturated rings. The zero-order chi connectivity index (χ0) is 14.5. The minimum absolute atomic E-state index is 0.452. The topological polar surface area (TPSA) is 34.1 Å². The highest BCUT2D eigenvalue weighted by Crippen LogP contribution is 2.27. The molecule has 0 atom stereocenters. The summed E-state index contributed by atoms with van der Waals surface area (Å²) in [6, 6.07) is 8.43. The van der Waals surface area contributed by atoms with Gasteiger partial charge in [-0.15, -0.1) is 0 Å². The van der Waals surface area contributed by atoms with Crippen LogP contribution in [0.15, 0.2) is 41.1 Å². The molecule has 3 nitrogen and oxygen atoms in total. The average Bonchev–Trinajstić information content (AvgIpc) is 2.40. The predicted octanol–water partition coefficient (Wildman–Crippen LogP) is 4.44. The number of hydrogen-bond donors (Lipinski definition) is 1. The van der Waals surface area contributed by atoms with Gasteiger partial charge in [0, 0.05) is 23.3 Å². The first-order valence-electron chi connectivity index (χ1n) is 6.66. The van der Waals surface area contributed by atoms with Crippen LogP contribution in [0.3, 0.4) is 0 Å². The van der Waals surface area contributed by atoms with Crippen molar-refractivity contribution >= 4 is 15.9 Å². The molecule has 106 valence electrons. The Morgan fingerprint density at radius 2 is 2.05 bits per heavy atom. The minimum Gasteiger partial charge on any atom is -0.455 e. The number of aromatic nitrogens is 1. The number of nitrogens with zero attached hydrogens (tertiary/aromatic N) is 1. The Morgan fingerprint density at radius 3 is 2.75 bits per heavy atom. The smallest absolute Gasteiger partial charge is 0.146 e. The SMILES string of the molecule is Cc1cc(Br)ccc1Oc1cncc(CNC(C)C)c1. The van der Waals surface area contributed by atoms with Crippen LogP contribution in [0.25, 0.3) is 0 Å². The Balaban J connectivity index is 2.11. The van der Waals surface area contributed by atoms with E-state index >= 15 is 0 Å². The Hall–Kier alpha value is -1.39. The van der Waals surface area contributed by atoms with Crippen molar-refractivity contribution in [3.8, 4) is 11.5 Å². The van der Waals surface area contributed by atoms with Gasteiger partial charge < -0.3 is 10.1 Å². The lowest BCUT2D eigenvalue weighted by molar-refractivity contribution is 0.474. The van der Waals surface area contributed by atoms with Gasteiger partial charge in [0.15, 0.2) is 0 Å². The van der Waals surface area contributed by atoms with Crippen LogP contribution in [0.5, 0.6) is 11.5 Å². The maximum absolute atomic E-state index is 5.90. The van der Waals surface area contributed by atoms with Crippen molar-refractivity contribution in [3.63, 3.8) is 0 Å². The molecule has 0 aliphatic rings. The molecule has 0 saturated heterocycles. The summed E-state index contributed by atoms with van der Waals surface area (Å²) in [7, 11) is 0. The van der Waals surface area contributed by atoms with Crippen molar-refractivity contribution < 1.29 is 4.74 Å². The Labute approximate surface area is 128 Å². The van der Waals surface area contributed by atoms with Gasteiger partial charge in [0.1, 0.15) is 11.5 Å². The average molecular weight is 335 g/mol. The molecule has 0 bridgehead atoms. The molecule has 20 heavy (non-hydrogen) atoms. The second-order valence-electron chi connectivity index (χ2n) is 5.08. The lowest BCUT2D eigenvalue weighted by atomic mass is 10.2. The van der Waals surface area contributed by atoms with Gasteiger partial charge in [-0.1, -0.05) is 29.8 Å². The van der Waals surface area contributed by atoms with Gasteiger partial charge in [-0.3, -0.25) is 4.98 Å². The molecule has 0 amide bonds. The fraction of sp³-hybridized carbons (Fsp3) is 0.312. The van der Waals surface area contributed by atoms with E-state index < -0.39 is 0 Å². The quantitative estimate of drug-likeness (QED) is 0.877. The summed E-state index contributed by atoms with van der Waals surface area (Å²) in [6.07, 6.45) is 3.59. The van der Waals surface area contributed by atoms with E-state index in [-0.39, 0.29) is 0 Å². The van der Waals surface area contributed by atoms with Crippen LogP contribution >= 0.6 is 15.9 Å². The van der Waals surface area contributed by atoms with E-state index in [2.05, 4.69) is 40.1 Å². The Morgan fingerprint density at radius 1 is 1.25 bits per heavy atom. The lowest BCUT2D eigenvalue weighted by Crippen LogP contribution is -2.21. The third-order valence-corrected chi connectivity index (χ3v) is 3.34. The Kier molecular flexibility index (Phi) is 5.15. The van der Waals surface area contributed by atoms with E-state index in [4.69, 9.17) is 4.74 Å². The first-order chi connectivity index (χ1) is 9.54. The molecule has 0 radical (unpaired) electrons. The third kappa shape index (κ3) is 4.32. The van der Waals surface area contributed by atoms with E-state index in [1.165, 1.54) is 0 Å². The summed E-state index contributed by atoms with van der Waals surface area (Å²) in [5, 5.41) is 3.37. The normalized spacial score (nSPS) is 10.8. The van der Waals surface area contributed by atoms with Crippen molar-refractivity contribution in [3.05, 3.63) is 52.3 Å². The molecule has 0 unspecified atom stereocenters. The minimum atomic E-state index is 0.452. The number of rotatable bonds is 5. The van der Waals surface area contributed by atoms with Crippen LogP contribution in [0, 0.1) is 6.92 Å². The number of nitrogens with one attached hydrogen (secondary N) is 1. The van der Waals surface area contributed by atoms with Crippen LogP contribution in [0.4, 0.5) is 0 Å². The molecule has 0 aliphatic heterocycles. The summed E-state index contributed by atoms with van der Waals surface area (Å²) in [5.41, 5.74) is 2.20. The Bertz CT molecular complexity index is 584. The standard InChI is InChI=1S/C16H19BrN2O/c1-11(2)19-9-13-7-15(10-18-8-13)20-16-5-4-14(17)6-12(16)3/h4-8,10-11,19H,9H2,1-3H3. The molecular weight excluding hydrogens is 316 g/mol. The first kappa shape index (κ1) is 15.0. The summed E-state index contributed by atoms with van der Waals surface area (Å²) >= 11 is 3.45. The highest BCUT2D eigenvalue weighted by molar-refractivity contribution is 9.10. The monoisotopic (exact) mass is 334 g/mol.